The monoisotopic (exact) mass is 383 g/mol. The van der Waals surface area contributed by atoms with E-state index in [4.69, 9.17) is 4.74 Å². The van der Waals surface area contributed by atoms with Crippen molar-refractivity contribution in [1.82, 2.24) is 14.4 Å². The minimum atomic E-state index is -1.30. The number of nitrogens with zero attached hydrogens (tertiary/aromatic N) is 2. The molecule has 0 saturated carbocycles. The van der Waals surface area contributed by atoms with Gasteiger partial charge in [-0.15, -0.1) is 0 Å². The zero-order valence-corrected chi connectivity index (χ0v) is 14.9. The normalized spacial score (nSPS) is 11.4. The molecule has 0 aliphatic rings. The van der Waals surface area contributed by atoms with Crippen molar-refractivity contribution in [2.45, 2.75) is 6.92 Å². The lowest BCUT2D eigenvalue weighted by Crippen LogP contribution is -2.13. The molecule has 3 heterocycles. The van der Waals surface area contributed by atoms with Crippen molar-refractivity contribution in [2.75, 3.05) is 14.2 Å². The van der Waals surface area contributed by atoms with E-state index in [-0.39, 0.29) is 50.1 Å². The highest BCUT2D eigenvalue weighted by Gasteiger charge is 2.27. The molecule has 2 N–H and O–H groups in total. The number of methoxy groups -OCH3 is 2. The Balaban J connectivity index is 2.34. The Morgan fingerprint density at radius 2 is 1.82 bits per heavy atom. The van der Waals surface area contributed by atoms with Crippen molar-refractivity contribution < 1.29 is 29.0 Å². The van der Waals surface area contributed by atoms with Crippen LogP contribution in [0.3, 0.4) is 0 Å². The highest BCUT2D eigenvalue weighted by atomic mass is 16.5. The van der Waals surface area contributed by atoms with E-state index in [1.807, 2.05) is 0 Å². The van der Waals surface area contributed by atoms with E-state index < -0.39 is 23.3 Å². The number of carbonyl (C=O) groups is 3. The van der Waals surface area contributed by atoms with Crippen LogP contribution in [0, 0.1) is 6.92 Å². The van der Waals surface area contributed by atoms with Gasteiger partial charge in [0.05, 0.1) is 36.2 Å². The van der Waals surface area contributed by atoms with Crippen LogP contribution in [-0.2, 0) is 9.47 Å². The van der Waals surface area contributed by atoms with Crippen molar-refractivity contribution in [3.8, 4) is 0 Å². The molecular formula is C18H13N3O7. The van der Waals surface area contributed by atoms with E-state index in [1.54, 1.807) is 6.92 Å². The summed E-state index contributed by atoms with van der Waals surface area (Å²) in [5, 5.41) is 9.95. The number of aryl methyl sites for hydroxylation is 1. The fraction of sp³-hybridized carbons (Fsp3) is 0.167. The van der Waals surface area contributed by atoms with E-state index in [0.717, 1.165) is 13.2 Å². The molecule has 0 aliphatic carbocycles. The number of hydrogen-bond donors (Lipinski definition) is 2. The second-order valence-corrected chi connectivity index (χ2v) is 6.10. The second kappa shape index (κ2) is 5.78. The van der Waals surface area contributed by atoms with Gasteiger partial charge >= 0.3 is 17.9 Å². The van der Waals surface area contributed by atoms with Crippen LogP contribution in [0.25, 0.3) is 27.3 Å². The maximum Gasteiger partial charge on any atom is 0.354 e. The predicted octanol–water partition coefficient (Wildman–Crippen LogP) is 1.35. The van der Waals surface area contributed by atoms with E-state index in [2.05, 4.69) is 14.7 Å². The van der Waals surface area contributed by atoms with Crippen LogP contribution in [-0.4, -0.2) is 51.6 Å². The third-order valence-corrected chi connectivity index (χ3v) is 4.63. The van der Waals surface area contributed by atoms with Crippen LogP contribution >= 0.6 is 0 Å². The summed E-state index contributed by atoms with van der Waals surface area (Å²) < 4.78 is 10.8. The summed E-state index contributed by atoms with van der Waals surface area (Å²) >= 11 is 0. The maximum atomic E-state index is 13.0. The lowest BCUT2D eigenvalue weighted by atomic mass is 10.0. The van der Waals surface area contributed by atoms with Gasteiger partial charge in [0.2, 0.25) is 5.43 Å². The number of carbonyl (C=O) groups excluding carboxylic acids is 2. The van der Waals surface area contributed by atoms with Gasteiger partial charge in [-0.3, -0.25) is 9.20 Å². The fourth-order valence-electron chi connectivity index (χ4n) is 3.48. The Morgan fingerprint density at radius 1 is 1.14 bits per heavy atom. The Labute approximate surface area is 155 Å². The van der Waals surface area contributed by atoms with Crippen molar-refractivity contribution in [3.63, 3.8) is 0 Å². The number of aromatic carboxylic acids is 1. The smallest absolute Gasteiger partial charge is 0.354 e. The van der Waals surface area contributed by atoms with Crippen LogP contribution in [0.2, 0.25) is 0 Å². The number of aromatic amines is 1. The standard InChI is InChI=1S/C18H13N3O7/c1-6-19-13-14-11(7(17(25)27-2)5-10(16(23)24)21(6)14)12-8(15(13)22)4-9(20-12)18(26)28-3/h4-5,20H,1-3H3,(H,23,24). The van der Waals surface area contributed by atoms with Gasteiger partial charge in [0.1, 0.15) is 22.7 Å². The fourth-order valence-corrected chi connectivity index (χ4v) is 3.48. The Bertz CT molecular complexity index is 1380. The molecule has 10 nitrogen and oxygen atoms in total. The van der Waals surface area contributed by atoms with Crippen LogP contribution in [0.1, 0.15) is 37.2 Å². The number of carboxylic acids is 1. The first-order valence-corrected chi connectivity index (χ1v) is 8.04. The molecule has 0 saturated heterocycles. The van der Waals surface area contributed by atoms with Crippen molar-refractivity contribution in [1.29, 1.82) is 0 Å². The van der Waals surface area contributed by atoms with Gasteiger partial charge in [0, 0.05) is 5.39 Å². The lowest BCUT2D eigenvalue weighted by molar-refractivity contribution is 0.0589. The van der Waals surface area contributed by atoms with Crippen LogP contribution in [0.5, 0.6) is 0 Å². The summed E-state index contributed by atoms with van der Waals surface area (Å²) in [5.41, 5.74) is -0.457. The van der Waals surface area contributed by atoms with Crippen molar-refractivity contribution in [3.05, 3.63) is 45.1 Å². The minimum absolute atomic E-state index is 0.0105. The molecule has 3 aromatic heterocycles. The third-order valence-electron chi connectivity index (χ3n) is 4.63. The molecule has 0 amide bonds. The Hall–Kier alpha value is -3.95. The lowest BCUT2D eigenvalue weighted by Gasteiger charge is -2.11. The van der Waals surface area contributed by atoms with Crippen LogP contribution < -0.4 is 5.43 Å². The number of H-pyrrole nitrogens is 1. The van der Waals surface area contributed by atoms with Gasteiger partial charge in [-0.05, 0) is 19.1 Å². The van der Waals surface area contributed by atoms with Gasteiger partial charge < -0.3 is 19.6 Å². The molecular weight excluding hydrogens is 370 g/mol. The SMILES string of the molecule is COC(=O)c1cc2c(=O)c3nc(C)n4c(C(=O)O)cc(C(=O)OC)c(c2[nH]1)c34. The molecule has 0 spiro atoms. The molecule has 0 aliphatic heterocycles. The largest absolute Gasteiger partial charge is 0.477 e. The van der Waals surface area contributed by atoms with Gasteiger partial charge in [0.25, 0.3) is 0 Å². The number of esters is 2. The average Bonchev–Trinajstić information content (AvgIpc) is 3.27. The summed E-state index contributed by atoms with van der Waals surface area (Å²) in [7, 11) is 2.35. The number of hydrogen-bond acceptors (Lipinski definition) is 7. The van der Waals surface area contributed by atoms with Gasteiger partial charge in [0.15, 0.2) is 0 Å². The zero-order chi connectivity index (χ0) is 20.3. The average molecular weight is 383 g/mol. The summed E-state index contributed by atoms with van der Waals surface area (Å²) in [5.74, 6) is -2.52. The number of ether oxygens (including phenoxy) is 2. The number of benzene rings is 1. The van der Waals surface area contributed by atoms with Crippen molar-refractivity contribution >= 4 is 45.2 Å². The van der Waals surface area contributed by atoms with E-state index in [1.165, 1.54) is 17.6 Å². The van der Waals surface area contributed by atoms with E-state index >= 15 is 0 Å². The molecule has 0 atom stereocenters. The first-order chi connectivity index (χ1) is 13.3. The molecule has 0 bridgehead atoms. The van der Waals surface area contributed by atoms with Gasteiger partial charge in [-0.25, -0.2) is 19.4 Å². The number of carboxylic acid groups (broad SMARTS) is 1. The number of imidazole rings is 1. The van der Waals surface area contributed by atoms with Gasteiger partial charge in [-0.2, -0.15) is 0 Å². The number of nitrogens with one attached hydrogen (secondary N) is 1. The zero-order valence-electron chi connectivity index (χ0n) is 14.9. The molecule has 0 fully saturated rings. The molecule has 28 heavy (non-hydrogen) atoms. The summed E-state index contributed by atoms with van der Waals surface area (Å²) in [6, 6.07) is 2.48. The van der Waals surface area contributed by atoms with Crippen LogP contribution in [0.4, 0.5) is 0 Å². The molecule has 4 rings (SSSR count). The molecule has 0 radical (unpaired) electrons. The molecule has 4 aromatic rings. The topological polar surface area (TPSA) is 140 Å². The second-order valence-electron chi connectivity index (χ2n) is 6.10. The molecule has 0 unspecified atom stereocenters. The summed E-state index contributed by atoms with van der Waals surface area (Å²) in [4.78, 5) is 56.0. The highest BCUT2D eigenvalue weighted by molar-refractivity contribution is 6.20. The number of rotatable bonds is 3. The number of pyridine rings is 1. The number of fused-ring (bicyclic) bond motifs is 2. The maximum absolute atomic E-state index is 13.0. The van der Waals surface area contributed by atoms with Gasteiger partial charge in [-0.1, -0.05) is 0 Å². The molecule has 10 heteroatoms. The highest BCUT2D eigenvalue weighted by Crippen LogP contribution is 2.32. The quantitative estimate of drug-likeness (QED) is 0.505. The first kappa shape index (κ1) is 17.5. The predicted molar refractivity (Wildman–Crippen MR) is 96.4 cm³/mol. The first-order valence-electron chi connectivity index (χ1n) is 8.04. The van der Waals surface area contributed by atoms with E-state index in [9.17, 15) is 24.3 Å². The Kier molecular flexibility index (Phi) is 3.60. The molecule has 142 valence electrons. The van der Waals surface area contributed by atoms with Crippen molar-refractivity contribution in [2.24, 2.45) is 0 Å². The number of aromatic nitrogens is 3. The van der Waals surface area contributed by atoms with E-state index in [0.29, 0.717) is 0 Å². The molecule has 1 aromatic carbocycles. The minimum Gasteiger partial charge on any atom is -0.477 e. The summed E-state index contributed by atoms with van der Waals surface area (Å²) in [6.45, 7) is 1.55. The summed E-state index contributed by atoms with van der Waals surface area (Å²) in [6.07, 6.45) is 0. The van der Waals surface area contributed by atoms with Crippen LogP contribution in [0.15, 0.2) is 16.9 Å². The third kappa shape index (κ3) is 2.11. The Morgan fingerprint density at radius 3 is 2.43 bits per heavy atom.